The van der Waals surface area contributed by atoms with Crippen molar-refractivity contribution in [3.8, 4) is 0 Å². The maximum absolute atomic E-state index is 13.1. The lowest BCUT2D eigenvalue weighted by Gasteiger charge is -2.36. The van der Waals surface area contributed by atoms with Crippen LogP contribution in [0, 0.1) is 15.9 Å². The molecule has 1 N–H and O–H groups in total. The Kier molecular flexibility index (Phi) is 5.62. The lowest BCUT2D eigenvalue weighted by Crippen LogP contribution is -2.55. The number of nitro groups is 1. The molecule has 2 rings (SSSR count). The summed E-state index contributed by atoms with van der Waals surface area (Å²) in [4.78, 5) is 24.2. The molecule has 1 aliphatic rings. The van der Waals surface area contributed by atoms with E-state index in [4.69, 9.17) is 0 Å². The number of nitro benzene ring substituents is 1. The van der Waals surface area contributed by atoms with Gasteiger partial charge in [0.05, 0.1) is 11.0 Å². The van der Waals surface area contributed by atoms with Crippen LogP contribution in [0.3, 0.4) is 0 Å². The van der Waals surface area contributed by atoms with Gasteiger partial charge in [0.1, 0.15) is 11.4 Å². The normalized spacial score (nSPS) is 21.6. The van der Waals surface area contributed by atoms with Crippen LogP contribution in [0.15, 0.2) is 18.2 Å². The molecule has 6 nitrogen and oxygen atoms in total. The number of piperazine rings is 1. The lowest BCUT2D eigenvalue weighted by molar-refractivity contribution is -0.385. The fourth-order valence-corrected chi connectivity index (χ4v) is 2.50. The minimum atomic E-state index is -0.731. The van der Waals surface area contributed by atoms with Gasteiger partial charge in [0.2, 0.25) is 0 Å². The van der Waals surface area contributed by atoms with Crippen LogP contribution in [0.2, 0.25) is 0 Å². The van der Waals surface area contributed by atoms with Crippen molar-refractivity contribution >= 4 is 24.0 Å². The van der Waals surface area contributed by atoms with Crippen LogP contribution >= 0.6 is 12.4 Å². The predicted octanol–water partition coefficient (Wildman–Crippen LogP) is 1.98. The molecule has 2 atom stereocenters. The van der Waals surface area contributed by atoms with E-state index in [0.717, 1.165) is 12.1 Å². The van der Waals surface area contributed by atoms with E-state index in [1.807, 2.05) is 13.8 Å². The zero-order valence-electron chi connectivity index (χ0n) is 11.7. The second-order valence-corrected chi connectivity index (χ2v) is 5.10. The summed E-state index contributed by atoms with van der Waals surface area (Å²) in [6.45, 7) is 4.82. The van der Waals surface area contributed by atoms with Crippen LogP contribution in [0.5, 0.6) is 0 Å². The summed E-state index contributed by atoms with van der Waals surface area (Å²) in [7, 11) is 0. The van der Waals surface area contributed by atoms with Gasteiger partial charge in [0.15, 0.2) is 0 Å². The number of benzene rings is 1. The number of nitrogens with one attached hydrogen (secondary N) is 1. The Balaban J connectivity index is 0.00000220. The summed E-state index contributed by atoms with van der Waals surface area (Å²) >= 11 is 0. The van der Waals surface area contributed by atoms with E-state index in [1.54, 1.807) is 4.90 Å². The average Bonchev–Trinajstić information content (AvgIpc) is 2.36. The standard InChI is InChI=1S/C13H16FN3O3.ClH/c1-8-6-16(7-9(2)15-8)13(18)11-4-3-10(14)5-12(11)17(19)20;/h3-5,8-9,15H,6-7H2,1-2H3;1H. The third kappa shape index (κ3) is 3.89. The molecule has 0 saturated carbocycles. The Morgan fingerprint density at radius 1 is 1.38 bits per heavy atom. The highest BCUT2D eigenvalue weighted by molar-refractivity contribution is 5.98. The first kappa shape index (κ1) is 17.3. The third-order valence-electron chi connectivity index (χ3n) is 3.23. The number of amides is 1. The molecule has 0 radical (unpaired) electrons. The summed E-state index contributed by atoms with van der Waals surface area (Å²) < 4.78 is 13.1. The molecule has 0 aromatic heterocycles. The van der Waals surface area contributed by atoms with Gasteiger partial charge in [-0.05, 0) is 26.0 Å². The van der Waals surface area contributed by atoms with Gasteiger partial charge in [-0.15, -0.1) is 12.4 Å². The molecule has 21 heavy (non-hydrogen) atoms. The van der Waals surface area contributed by atoms with E-state index < -0.39 is 22.3 Å². The lowest BCUT2D eigenvalue weighted by atomic mass is 10.1. The highest BCUT2D eigenvalue weighted by Gasteiger charge is 2.29. The Bertz CT molecular complexity index is 545. The Morgan fingerprint density at radius 2 is 1.95 bits per heavy atom. The summed E-state index contributed by atoms with van der Waals surface area (Å²) in [5, 5.41) is 14.2. The van der Waals surface area contributed by atoms with Gasteiger partial charge in [-0.25, -0.2) is 4.39 Å². The molecule has 1 fully saturated rings. The largest absolute Gasteiger partial charge is 0.335 e. The number of carbonyl (C=O) groups is 1. The number of carbonyl (C=O) groups excluding carboxylic acids is 1. The van der Waals surface area contributed by atoms with E-state index in [9.17, 15) is 19.3 Å². The first-order valence-corrected chi connectivity index (χ1v) is 6.37. The van der Waals surface area contributed by atoms with Crippen molar-refractivity contribution in [3.63, 3.8) is 0 Å². The first-order chi connectivity index (χ1) is 9.38. The molecule has 1 saturated heterocycles. The van der Waals surface area contributed by atoms with Crippen molar-refractivity contribution in [2.24, 2.45) is 0 Å². The molecule has 1 aliphatic heterocycles. The molecule has 1 aromatic rings. The molecule has 0 bridgehead atoms. The quantitative estimate of drug-likeness (QED) is 0.668. The molecule has 1 aromatic carbocycles. The summed E-state index contributed by atoms with van der Waals surface area (Å²) in [6.07, 6.45) is 0. The fraction of sp³-hybridized carbons (Fsp3) is 0.462. The molecule has 0 spiro atoms. The van der Waals surface area contributed by atoms with Crippen molar-refractivity contribution in [2.45, 2.75) is 25.9 Å². The van der Waals surface area contributed by atoms with Crippen LogP contribution in [0.1, 0.15) is 24.2 Å². The fourth-order valence-electron chi connectivity index (χ4n) is 2.50. The van der Waals surface area contributed by atoms with Crippen molar-refractivity contribution in [3.05, 3.63) is 39.7 Å². The highest BCUT2D eigenvalue weighted by atomic mass is 35.5. The second kappa shape index (κ2) is 6.82. The van der Waals surface area contributed by atoms with E-state index in [0.29, 0.717) is 13.1 Å². The first-order valence-electron chi connectivity index (χ1n) is 6.37. The molecule has 2 unspecified atom stereocenters. The minimum absolute atomic E-state index is 0. The van der Waals surface area contributed by atoms with Gasteiger partial charge in [0.25, 0.3) is 11.6 Å². The average molecular weight is 318 g/mol. The van der Waals surface area contributed by atoms with E-state index in [1.165, 1.54) is 6.07 Å². The van der Waals surface area contributed by atoms with Crippen LogP contribution in [-0.2, 0) is 0 Å². The number of hydrogen-bond acceptors (Lipinski definition) is 4. The summed E-state index contributed by atoms with van der Waals surface area (Å²) in [6, 6.07) is 3.24. The van der Waals surface area contributed by atoms with Crippen molar-refractivity contribution in [1.82, 2.24) is 10.2 Å². The van der Waals surface area contributed by atoms with Crippen molar-refractivity contribution in [1.29, 1.82) is 0 Å². The van der Waals surface area contributed by atoms with Gasteiger partial charge in [-0.1, -0.05) is 0 Å². The van der Waals surface area contributed by atoms with Gasteiger partial charge >= 0.3 is 0 Å². The number of hydrogen-bond donors (Lipinski definition) is 1. The smallest absolute Gasteiger partial charge is 0.285 e. The molecule has 8 heteroatoms. The maximum atomic E-state index is 13.1. The van der Waals surface area contributed by atoms with Crippen molar-refractivity contribution in [2.75, 3.05) is 13.1 Å². The topological polar surface area (TPSA) is 75.5 Å². The number of halogens is 2. The highest BCUT2D eigenvalue weighted by Crippen LogP contribution is 2.22. The van der Waals surface area contributed by atoms with Crippen LogP contribution in [0.4, 0.5) is 10.1 Å². The Hall–Kier alpha value is -1.73. The zero-order chi connectivity index (χ0) is 14.9. The monoisotopic (exact) mass is 317 g/mol. The van der Waals surface area contributed by atoms with Gasteiger partial charge in [-0.2, -0.15) is 0 Å². The number of nitrogens with zero attached hydrogens (tertiary/aromatic N) is 2. The van der Waals surface area contributed by atoms with Crippen LogP contribution in [-0.4, -0.2) is 40.9 Å². The number of rotatable bonds is 2. The van der Waals surface area contributed by atoms with Gasteiger partial charge < -0.3 is 10.2 Å². The van der Waals surface area contributed by atoms with Gasteiger partial charge in [-0.3, -0.25) is 14.9 Å². The van der Waals surface area contributed by atoms with E-state index in [-0.39, 0.29) is 30.1 Å². The van der Waals surface area contributed by atoms with Crippen molar-refractivity contribution < 1.29 is 14.1 Å². The Labute approximate surface area is 127 Å². The zero-order valence-corrected chi connectivity index (χ0v) is 12.5. The predicted molar refractivity (Wildman–Crippen MR) is 78.3 cm³/mol. The maximum Gasteiger partial charge on any atom is 0.285 e. The Morgan fingerprint density at radius 3 is 2.48 bits per heavy atom. The van der Waals surface area contributed by atoms with E-state index >= 15 is 0 Å². The molecule has 116 valence electrons. The second-order valence-electron chi connectivity index (χ2n) is 5.10. The molecular formula is C13H17ClFN3O3. The van der Waals surface area contributed by atoms with E-state index in [2.05, 4.69) is 5.32 Å². The molecular weight excluding hydrogens is 301 g/mol. The minimum Gasteiger partial charge on any atom is -0.335 e. The van der Waals surface area contributed by atoms with Crippen LogP contribution in [0.25, 0.3) is 0 Å². The summed E-state index contributed by atoms with van der Waals surface area (Å²) in [5.41, 5.74) is -0.563. The molecule has 0 aliphatic carbocycles. The molecule has 1 heterocycles. The SMILES string of the molecule is CC1CN(C(=O)c2ccc(F)cc2[N+](=O)[O-])CC(C)N1.Cl. The third-order valence-corrected chi connectivity index (χ3v) is 3.23. The molecule has 1 amide bonds. The van der Waals surface area contributed by atoms with Crippen LogP contribution < -0.4 is 5.32 Å². The van der Waals surface area contributed by atoms with Gasteiger partial charge in [0, 0.05) is 25.2 Å². The summed E-state index contributed by atoms with van der Waals surface area (Å²) in [5.74, 6) is -1.16.